The minimum atomic E-state index is -0.321. The van der Waals surface area contributed by atoms with Gasteiger partial charge >= 0.3 is 0 Å². The number of ether oxygens (including phenoxy) is 1. The van der Waals surface area contributed by atoms with Gasteiger partial charge in [0.05, 0.1) is 12.7 Å². The molecule has 1 heterocycles. The van der Waals surface area contributed by atoms with E-state index in [1.54, 1.807) is 56.5 Å². The second-order valence-corrected chi connectivity index (χ2v) is 5.27. The average Bonchev–Trinajstić information content (AvgIpc) is 2.97. The smallest absolute Gasteiger partial charge is 0.259 e. The van der Waals surface area contributed by atoms with E-state index < -0.39 is 0 Å². The molecular weight excluding hydrogens is 309 g/mol. The van der Waals surface area contributed by atoms with Crippen molar-refractivity contribution in [3.05, 3.63) is 71.7 Å². The number of benzene rings is 2. The Morgan fingerprint density at radius 3 is 2.58 bits per heavy atom. The topological polar surface area (TPSA) is 51.5 Å². The molecule has 4 nitrogen and oxygen atoms in total. The number of furan rings is 1. The van der Waals surface area contributed by atoms with Crippen LogP contribution in [-0.2, 0) is 0 Å². The molecule has 0 spiro atoms. The van der Waals surface area contributed by atoms with E-state index in [9.17, 15) is 9.18 Å². The van der Waals surface area contributed by atoms with Gasteiger partial charge in [-0.3, -0.25) is 4.79 Å². The second kappa shape index (κ2) is 6.58. The Balaban J connectivity index is 1.83. The Labute approximate surface area is 138 Å². The number of halogens is 1. The number of carbonyl (C=O) groups excluding carboxylic acids is 1. The van der Waals surface area contributed by atoms with Gasteiger partial charge in [0.15, 0.2) is 0 Å². The van der Waals surface area contributed by atoms with Crippen LogP contribution in [0.3, 0.4) is 0 Å². The Morgan fingerprint density at radius 2 is 1.88 bits per heavy atom. The van der Waals surface area contributed by atoms with Gasteiger partial charge in [0.2, 0.25) is 0 Å². The number of methoxy groups -OCH3 is 1. The molecule has 3 rings (SSSR count). The third kappa shape index (κ3) is 3.30. The highest BCUT2D eigenvalue weighted by Crippen LogP contribution is 2.26. The number of anilines is 1. The van der Waals surface area contributed by atoms with Crippen molar-refractivity contribution in [1.82, 2.24) is 0 Å². The maximum Gasteiger partial charge on any atom is 0.259 e. The summed E-state index contributed by atoms with van der Waals surface area (Å²) in [5.74, 6) is 1.07. The Kier molecular flexibility index (Phi) is 4.33. The number of hydrogen-bond acceptors (Lipinski definition) is 3. The van der Waals surface area contributed by atoms with E-state index in [0.29, 0.717) is 34.1 Å². The van der Waals surface area contributed by atoms with E-state index in [2.05, 4.69) is 5.32 Å². The Bertz CT molecular complexity index is 869. The van der Waals surface area contributed by atoms with E-state index >= 15 is 0 Å². The standard InChI is InChI=1S/C19H16FNO3/c1-12-17(11-18(24-12)13-6-8-14(20)9-7-13)19(22)21-15-4-3-5-16(10-15)23-2/h3-11H,1-2H3,(H,21,22). The van der Waals surface area contributed by atoms with Gasteiger partial charge in [-0.25, -0.2) is 4.39 Å². The molecule has 2 aromatic carbocycles. The molecule has 0 aliphatic heterocycles. The molecule has 24 heavy (non-hydrogen) atoms. The molecule has 0 atom stereocenters. The van der Waals surface area contributed by atoms with Crippen LogP contribution >= 0.6 is 0 Å². The van der Waals surface area contributed by atoms with Gasteiger partial charge in [-0.05, 0) is 49.4 Å². The molecule has 0 unspecified atom stereocenters. The fraction of sp³-hybridized carbons (Fsp3) is 0.105. The zero-order valence-corrected chi connectivity index (χ0v) is 13.3. The molecule has 1 amide bonds. The lowest BCUT2D eigenvalue weighted by Gasteiger charge is -2.06. The van der Waals surface area contributed by atoms with Crippen LogP contribution in [0.1, 0.15) is 16.1 Å². The van der Waals surface area contributed by atoms with Crippen LogP contribution in [0.5, 0.6) is 5.75 Å². The number of nitrogens with one attached hydrogen (secondary N) is 1. The van der Waals surface area contributed by atoms with E-state index in [1.807, 2.05) is 0 Å². The van der Waals surface area contributed by atoms with Crippen LogP contribution in [0.25, 0.3) is 11.3 Å². The summed E-state index contributed by atoms with van der Waals surface area (Å²) in [6.45, 7) is 1.72. The minimum Gasteiger partial charge on any atom is -0.497 e. The lowest BCUT2D eigenvalue weighted by Crippen LogP contribution is -2.12. The first kappa shape index (κ1) is 15.8. The second-order valence-electron chi connectivity index (χ2n) is 5.27. The van der Waals surface area contributed by atoms with Gasteiger partial charge in [-0.2, -0.15) is 0 Å². The summed E-state index contributed by atoms with van der Waals surface area (Å²) in [5.41, 5.74) is 1.76. The Hall–Kier alpha value is -3.08. The highest BCUT2D eigenvalue weighted by atomic mass is 19.1. The molecule has 0 radical (unpaired) electrons. The number of carbonyl (C=O) groups is 1. The van der Waals surface area contributed by atoms with E-state index in [4.69, 9.17) is 9.15 Å². The third-order valence-electron chi connectivity index (χ3n) is 3.62. The van der Waals surface area contributed by atoms with E-state index in [1.165, 1.54) is 12.1 Å². The van der Waals surface area contributed by atoms with E-state index in [-0.39, 0.29) is 11.7 Å². The molecule has 0 fully saturated rings. The monoisotopic (exact) mass is 325 g/mol. The molecular formula is C19H16FNO3. The highest BCUT2D eigenvalue weighted by Gasteiger charge is 2.16. The third-order valence-corrected chi connectivity index (χ3v) is 3.62. The summed E-state index contributed by atoms with van der Waals surface area (Å²) in [6.07, 6.45) is 0. The number of aryl methyl sites for hydroxylation is 1. The van der Waals surface area contributed by atoms with Gasteiger partial charge in [0.25, 0.3) is 5.91 Å². The van der Waals surface area contributed by atoms with Crippen molar-refractivity contribution >= 4 is 11.6 Å². The summed E-state index contributed by atoms with van der Waals surface area (Å²) in [4.78, 5) is 12.5. The number of rotatable bonds is 4. The molecule has 0 saturated heterocycles. The van der Waals surface area contributed by atoms with Gasteiger partial charge in [-0.15, -0.1) is 0 Å². The van der Waals surface area contributed by atoms with Crippen molar-refractivity contribution in [2.75, 3.05) is 12.4 Å². The summed E-state index contributed by atoms with van der Waals surface area (Å²) in [5, 5.41) is 2.81. The largest absolute Gasteiger partial charge is 0.497 e. The van der Waals surface area contributed by atoms with Crippen LogP contribution < -0.4 is 10.1 Å². The lowest BCUT2D eigenvalue weighted by atomic mass is 10.1. The maximum absolute atomic E-state index is 13.0. The molecule has 5 heteroatoms. The van der Waals surface area contributed by atoms with Crippen molar-refractivity contribution in [1.29, 1.82) is 0 Å². The average molecular weight is 325 g/mol. The normalized spacial score (nSPS) is 10.5. The summed E-state index contributed by atoms with van der Waals surface area (Å²) in [6, 6.07) is 14.7. The predicted molar refractivity (Wildman–Crippen MR) is 89.8 cm³/mol. The SMILES string of the molecule is COc1cccc(NC(=O)c2cc(-c3ccc(F)cc3)oc2C)c1. The van der Waals surface area contributed by atoms with Crippen LogP contribution in [0, 0.1) is 12.7 Å². The fourth-order valence-electron chi connectivity index (χ4n) is 2.36. The minimum absolute atomic E-state index is 0.280. The lowest BCUT2D eigenvalue weighted by molar-refractivity contribution is 0.102. The Morgan fingerprint density at radius 1 is 1.12 bits per heavy atom. The van der Waals surface area contributed by atoms with Crippen LogP contribution in [0.15, 0.2) is 59.0 Å². The van der Waals surface area contributed by atoms with Gasteiger partial charge in [0.1, 0.15) is 23.1 Å². The quantitative estimate of drug-likeness (QED) is 0.759. The molecule has 0 aliphatic rings. The fourth-order valence-corrected chi connectivity index (χ4v) is 2.36. The van der Waals surface area contributed by atoms with Gasteiger partial charge in [-0.1, -0.05) is 6.07 Å². The van der Waals surface area contributed by atoms with Crippen LogP contribution in [0.2, 0.25) is 0 Å². The highest BCUT2D eigenvalue weighted by molar-refractivity contribution is 6.05. The molecule has 0 saturated carbocycles. The van der Waals surface area contributed by atoms with Crippen LogP contribution in [0.4, 0.5) is 10.1 Å². The summed E-state index contributed by atoms with van der Waals surface area (Å²) < 4.78 is 23.8. The molecule has 0 aliphatic carbocycles. The van der Waals surface area contributed by atoms with Gasteiger partial charge in [0, 0.05) is 17.3 Å². The summed E-state index contributed by atoms with van der Waals surface area (Å²) in [7, 11) is 1.57. The first-order valence-corrected chi connectivity index (χ1v) is 7.38. The first-order valence-electron chi connectivity index (χ1n) is 7.38. The molecule has 1 aromatic heterocycles. The van der Waals surface area contributed by atoms with Crippen molar-refractivity contribution < 1.29 is 18.3 Å². The maximum atomic E-state index is 13.0. The molecule has 3 aromatic rings. The first-order chi connectivity index (χ1) is 11.6. The predicted octanol–water partition coefficient (Wildman–Crippen LogP) is 4.66. The van der Waals surface area contributed by atoms with E-state index in [0.717, 1.165) is 0 Å². The van der Waals surface area contributed by atoms with Crippen molar-refractivity contribution in [2.24, 2.45) is 0 Å². The van der Waals surface area contributed by atoms with Crippen molar-refractivity contribution in [2.45, 2.75) is 6.92 Å². The molecule has 0 bridgehead atoms. The summed E-state index contributed by atoms with van der Waals surface area (Å²) >= 11 is 0. The van der Waals surface area contributed by atoms with Crippen molar-refractivity contribution in [3.8, 4) is 17.1 Å². The van der Waals surface area contributed by atoms with Gasteiger partial charge < -0.3 is 14.5 Å². The van der Waals surface area contributed by atoms with Crippen LogP contribution in [-0.4, -0.2) is 13.0 Å². The zero-order valence-electron chi connectivity index (χ0n) is 13.3. The van der Waals surface area contributed by atoms with Crippen molar-refractivity contribution in [3.63, 3.8) is 0 Å². The number of amides is 1. The molecule has 1 N–H and O–H groups in total. The molecule has 122 valence electrons. The number of hydrogen-bond donors (Lipinski definition) is 1. The zero-order chi connectivity index (χ0) is 17.1.